The average Bonchev–Trinajstić information content (AvgIpc) is 2.38. The summed E-state index contributed by atoms with van der Waals surface area (Å²) < 4.78 is 0. The molecule has 3 N–H and O–H groups in total. The fourth-order valence-electron chi connectivity index (χ4n) is 1.55. The molecule has 0 saturated heterocycles. The third-order valence-electron chi connectivity index (χ3n) is 2.44. The first-order valence-corrected chi connectivity index (χ1v) is 6.55. The first kappa shape index (κ1) is 16.0. The Hall–Kier alpha value is -2.08. The highest BCUT2D eigenvalue weighted by Crippen LogP contribution is 2.18. The van der Waals surface area contributed by atoms with E-state index in [9.17, 15) is 14.4 Å². The second-order valence-corrected chi connectivity index (χ2v) is 4.43. The number of amides is 3. The van der Waals surface area contributed by atoms with Crippen LogP contribution in [-0.4, -0.2) is 30.1 Å². The lowest BCUT2D eigenvalue weighted by molar-refractivity contribution is -0.139. The molecule has 0 aliphatic heterocycles. The quantitative estimate of drug-likeness (QED) is 0.374. The highest BCUT2D eigenvalue weighted by Gasteiger charge is 2.26. The van der Waals surface area contributed by atoms with Crippen LogP contribution >= 0.6 is 11.6 Å². The molecule has 0 atom stereocenters. The lowest BCUT2D eigenvalue weighted by atomic mass is 10.2. The van der Waals surface area contributed by atoms with Gasteiger partial charge in [-0.2, -0.15) is 0 Å². The second-order valence-electron chi connectivity index (χ2n) is 4.05. The van der Waals surface area contributed by atoms with Crippen LogP contribution in [0.3, 0.4) is 0 Å². The third kappa shape index (κ3) is 4.24. The number of nitrogens with two attached hydrogens (primary N) is 1. The number of benzene rings is 1. The molecule has 6 nitrogen and oxygen atoms in total. The summed E-state index contributed by atoms with van der Waals surface area (Å²) in [6, 6.07) is 6.19. The number of hydrogen-bond acceptors (Lipinski definition) is 4. The van der Waals surface area contributed by atoms with Crippen LogP contribution < -0.4 is 16.0 Å². The van der Waals surface area contributed by atoms with E-state index in [-0.39, 0.29) is 12.2 Å². The Balaban J connectivity index is 2.89. The molecule has 1 rings (SSSR count). The molecule has 0 unspecified atom stereocenters. The van der Waals surface area contributed by atoms with Gasteiger partial charge in [0.15, 0.2) is 0 Å². The van der Waals surface area contributed by atoms with E-state index < -0.39 is 17.7 Å². The van der Waals surface area contributed by atoms with Crippen molar-refractivity contribution in [2.45, 2.75) is 13.3 Å². The molecule has 0 saturated carbocycles. The number of nitrogen functional groups attached to an aromatic ring is 1. The summed E-state index contributed by atoms with van der Waals surface area (Å²) in [7, 11) is 0. The van der Waals surface area contributed by atoms with E-state index in [2.05, 4.69) is 5.32 Å². The number of anilines is 2. The summed E-state index contributed by atoms with van der Waals surface area (Å²) in [6.07, 6.45) is 0.541. The van der Waals surface area contributed by atoms with Gasteiger partial charge in [0.1, 0.15) is 0 Å². The topological polar surface area (TPSA) is 92.5 Å². The summed E-state index contributed by atoms with van der Waals surface area (Å²) in [5, 5.41) is 2.41. The maximum absolute atomic E-state index is 12.0. The Morgan fingerprint density at radius 2 is 2.05 bits per heavy atom. The molecule has 0 aliphatic rings. The van der Waals surface area contributed by atoms with Gasteiger partial charge in [0.25, 0.3) is 0 Å². The summed E-state index contributed by atoms with van der Waals surface area (Å²) in [5.41, 5.74) is 6.26. The first-order valence-electron chi connectivity index (χ1n) is 6.01. The van der Waals surface area contributed by atoms with Crippen molar-refractivity contribution in [1.29, 1.82) is 0 Å². The normalized spacial score (nSPS) is 9.90. The van der Waals surface area contributed by atoms with E-state index in [1.165, 1.54) is 19.1 Å². The average molecular weight is 298 g/mol. The predicted octanol–water partition coefficient (Wildman–Crippen LogP) is 0.893. The van der Waals surface area contributed by atoms with E-state index >= 15 is 0 Å². The molecular formula is C13H16ClN3O3. The lowest BCUT2D eigenvalue weighted by Gasteiger charge is -2.18. The highest BCUT2D eigenvalue weighted by atomic mass is 35.5. The monoisotopic (exact) mass is 297 g/mol. The van der Waals surface area contributed by atoms with E-state index in [4.69, 9.17) is 17.3 Å². The second kappa shape index (κ2) is 7.49. The molecule has 0 aromatic heterocycles. The van der Waals surface area contributed by atoms with Gasteiger partial charge in [-0.25, -0.2) is 4.90 Å². The van der Waals surface area contributed by atoms with Gasteiger partial charge in [-0.3, -0.25) is 14.4 Å². The molecule has 0 spiro atoms. The number of halogens is 1. The van der Waals surface area contributed by atoms with Gasteiger partial charge in [0.2, 0.25) is 5.91 Å². The fourth-order valence-corrected chi connectivity index (χ4v) is 1.69. The van der Waals surface area contributed by atoms with Gasteiger partial charge in [0.05, 0.1) is 5.69 Å². The number of nitrogens with one attached hydrogen (secondary N) is 1. The predicted molar refractivity (Wildman–Crippen MR) is 77.4 cm³/mol. The molecule has 1 aromatic carbocycles. The molecule has 0 aliphatic carbocycles. The minimum atomic E-state index is -0.947. The smallest absolute Gasteiger partial charge is 0.323 e. The SMILES string of the molecule is CC(=O)N(C(=O)C(=O)NCCCCl)c1cccc(N)c1. The Morgan fingerprint density at radius 3 is 2.60 bits per heavy atom. The number of nitrogens with zero attached hydrogens (tertiary/aromatic N) is 1. The van der Waals surface area contributed by atoms with Gasteiger partial charge < -0.3 is 11.1 Å². The molecule has 0 radical (unpaired) electrons. The first-order chi connectivity index (χ1) is 9.47. The molecule has 20 heavy (non-hydrogen) atoms. The Bertz CT molecular complexity index is 519. The van der Waals surface area contributed by atoms with E-state index in [1.807, 2.05) is 0 Å². The van der Waals surface area contributed by atoms with Crippen LogP contribution in [-0.2, 0) is 14.4 Å². The van der Waals surface area contributed by atoms with E-state index in [0.29, 0.717) is 18.0 Å². The molecule has 108 valence electrons. The van der Waals surface area contributed by atoms with Crippen LogP contribution in [0, 0.1) is 0 Å². The van der Waals surface area contributed by atoms with Crippen molar-refractivity contribution in [3.63, 3.8) is 0 Å². The molecule has 0 bridgehead atoms. The van der Waals surface area contributed by atoms with Crippen molar-refractivity contribution < 1.29 is 14.4 Å². The standard InChI is InChI=1S/C13H16ClN3O3/c1-9(18)17(11-5-2-4-10(15)8-11)13(20)12(19)16-7-3-6-14/h2,4-5,8H,3,6-7,15H2,1H3,(H,16,19). The largest absolute Gasteiger partial charge is 0.399 e. The lowest BCUT2D eigenvalue weighted by Crippen LogP contribution is -2.45. The van der Waals surface area contributed by atoms with Crippen LogP contribution in [0.2, 0.25) is 0 Å². The van der Waals surface area contributed by atoms with Crippen LogP contribution in [0.5, 0.6) is 0 Å². The number of rotatable bonds is 4. The molecule has 3 amide bonds. The molecule has 7 heteroatoms. The summed E-state index contributed by atoms with van der Waals surface area (Å²) >= 11 is 5.48. The van der Waals surface area contributed by atoms with Crippen molar-refractivity contribution in [1.82, 2.24) is 5.32 Å². The zero-order chi connectivity index (χ0) is 15.1. The third-order valence-corrected chi connectivity index (χ3v) is 2.70. The van der Waals surface area contributed by atoms with Crippen LogP contribution in [0.4, 0.5) is 11.4 Å². The van der Waals surface area contributed by atoms with Gasteiger partial charge in [0, 0.05) is 25.0 Å². The van der Waals surface area contributed by atoms with Gasteiger partial charge >= 0.3 is 11.8 Å². The number of hydrogen-bond donors (Lipinski definition) is 2. The van der Waals surface area contributed by atoms with Gasteiger partial charge in [-0.05, 0) is 24.6 Å². The van der Waals surface area contributed by atoms with Crippen LogP contribution in [0.1, 0.15) is 13.3 Å². The van der Waals surface area contributed by atoms with E-state index in [0.717, 1.165) is 4.90 Å². The zero-order valence-corrected chi connectivity index (χ0v) is 11.8. The van der Waals surface area contributed by atoms with Crippen molar-refractivity contribution >= 4 is 40.7 Å². The summed E-state index contributed by atoms with van der Waals surface area (Å²) in [4.78, 5) is 36.1. The Morgan fingerprint density at radius 1 is 1.35 bits per heavy atom. The van der Waals surface area contributed by atoms with E-state index in [1.54, 1.807) is 12.1 Å². The maximum atomic E-state index is 12.0. The van der Waals surface area contributed by atoms with Crippen molar-refractivity contribution in [2.75, 3.05) is 23.1 Å². The van der Waals surface area contributed by atoms with Gasteiger partial charge in [-0.15, -0.1) is 11.6 Å². The van der Waals surface area contributed by atoms with Crippen LogP contribution in [0.25, 0.3) is 0 Å². The molecule has 0 fully saturated rings. The Labute approximate surface area is 121 Å². The number of carbonyl (C=O) groups is 3. The molecule has 0 heterocycles. The highest BCUT2D eigenvalue weighted by molar-refractivity contribution is 6.45. The van der Waals surface area contributed by atoms with Gasteiger partial charge in [-0.1, -0.05) is 6.07 Å². The Kier molecular flexibility index (Phi) is 5.99. The minimum absolute atomic E-state index is 0.259. The van der Waals surface area contributed by atoms with Crippen molar-refractivity contribution in [3.8, 4) is 0 Å². The molecule has 1 aromatic rings. The number of carbonyl (C=O) groups excluding carboxylic acids is 3. The maximum Gasteiger partial charge on any atom is 0.323 e. The fraction of sp³-hybridized carbons (Fsp3) is 0.308. The van der Waals surface area contributed by atoms with Crippen molar-refractivity contribution in [2.24, 2.45) is 0 Å². The number of imide groups is 1. The minimum Gasteiger partial charge on any atom is -0.399 e. The van der Waals surface area contributed by atoms with Crippen molar-refractivity contribution in [3.05, 3.63) is 24.3 Å². The molecular weight excluding hydrogens is 282 g/mol. The summed E-state index contributed by atoms with van der Waals surface area (Å²) in [5.74, 6) is -1.99. The van der Waals surface area contributed by atoms with Crippen LogP contribution in [0.15, 0.2) is 24.3 Å². The zero-order valence-electron chi connectivity index (χ0n) is 11.1. The number of alkyl halides is 1. The summed E-state index contributed by atoms with van der Waals surface area (Å²) in [6.45, 7) is 1.48.